The molecule has 0 aliphatic rings. The number of thiophene rings is 1. The lowest BCUT2D eigenvalue weighted by Gasteiger charge is -2.07. The normalized spacial score (nSPS) is 10.8. The van der Waals surface area contributed by atoms with E-state index in [1.807, 2.05) is 0 Å². The van der Waals surface area contributed by atoms with Gasteiger partial charge in [-0.1, -0.05) is 23.2 Å². The molecule has 0 aliphatic carbocycles. The number of anilines is 1. The van der Waals surface area contributed by atoms with E-state index in [1.165, 1.54) is 17.4 Å². The van der Waals surface area contributed by atoms with Crippen molar-refractivity contribution in [2.24, 2.45) is 0 Å². The van der Waals surface area contributed by atoms with Crippen molar-refractivity contribution in [1.82, 2.24) is 9.97 Å². The summed E-state index contributed by atoms with van der Waals surface area (Å²) in [5, 5.41) is 5.27. The number of nitrogens with one attached hydrogen (secondary N) is 2. The number of fused-ring (bicyclic) bond motifs is 1. The van der Waals surface area contributed by atoms with Gasteiger partial charge in [0.1, 0.15) is 10.5 Å². The van der Waals surface area contributed by atoms with Gasteiger partial charge in [-0.3, -0.25) is 9.59 Å². The number of rotatable bonds is 3. The number of hydrogen-bond donors (Lipinski definition) is 2. The van der Waals surface area contributed by atoms with E-state index in [4.69, 9.17) is 23.2 Å². The van der Waals surface area contributed by atoms with Gasteiger partial charge in [-0.2, -0.15) is 0 Å². The van der Waals surface area contributed by atoms with Gasteiger partial charge in [0.2, 0.25) is 5.91 Å². The van der Waals surface area contributed by atoms with Gasteiger partial charge in [-0.15, -0.1) is 11.3 Å². The molecule has 2 aromatic heterocycles. The van der Waals surface area contributed by atoms with E-state index in [1.54, 1.807) is 23.6 Å². The molecule has 0 fully saturated rings. The van der Waals surface area contributed by atoms with E-state index in [0.717, 1.165) is 0 Å². The van der Waals surface area contributed by atoms with Gasteiger partial charge in [0.25, 0.3) is 5.56 Å². The van der Waals surface area contributed by atoms with Crippen LogP contribution < -0.4 is 10.9 Å². The van der Waals surface area contributed by atoms with Crippen LogP contribution in [0.25, 0.3) is 10.2 Å². The van der Waals surface area contributed by atoms with Crippen LogP contribution in [-0.2, 0) is 11.2 Å². The Morgan fingerprint density at radius 2 is 2.14 bits per heavy atom. The highest BCUT2D eigenvalue weighted by atomic mass is 35.5. The lowest BCUT2D eigenvalue weighted by Crippen LogP contribution is -2.19. The second-order valence-electron chi connectivity index (χ2n) is 4.50. The van der Waals surface area contributed by atoms with E-state index in [0.29, 0.717) is 31.8 Å². The Kier molecular flexibility index (Phi) is 4.15. The molecule has 8 heteroatoms. The molecular formula is C14H9Cl2N3O2S. The zero-order valence-corrected chi connectivity index (χ0v) is 13.4. The fourth-order valence-electron chi connectivity index (χ4n) is 1.94. The van der Waals surface area contributed by atoms with Crippen molar-refractivity contribution in [3.05, 3.63) is 55.9 Å². The first-order valence-corrected chi connectivity index (χ1v) is 7.88. The number of carbonyl (C=O) groups excluding carboxylic acids is 1. The molecule has 3 rings (SSSR count). The van der Waals surface area contributed by atoms with Gasteiger partial charge in [-0.25, -0.2) is 4.98 Å². The Labute approximate surface area is 138 Å². The van der Waals surface area contributed by atoms with Crippen molar-refractivity contribution >= 4 is 56.3 Å². The summed E-state index contributed by atoms with van der Waals surface area (Å²) in [6.07, 6.45) is -0.0556. The van der Waals surface area contributed by atoms with E-state index in [-0.39, 0.29) is 17.9 Å². The minimum atomic E-state index is -0.332. The predicted octanol–water partition coefficient (Wildman–Crippen LogP) is 3.47. The van der Waals surface area contributed by atoms with Crippen LogP contribution >= 0.6 is 34.5 Å². The molecule has 22 heavy (non-hydrogen) atoms. The molecule has 0 radical (unpaired) electrons. The molecular weight excluding hydrogens is 345 g/mol. The maximum atomic E-state index is 12.0. The summed E-state index contributed by atoms with van der Waals surface area (Å²) in [7, 11) is 0. The van der Waals surface area contributed by atoms with Crippen molar-refractivity contribution < 1.29 is 4.79 Å². The number of hydrogen-bond acceptors (Lipinski definition) is 4. The van der Waals surface area contributed by atoms with Gasteiger partial charge in [0.05, 0.1) is 22.6 Å². The minimum absolute atomic E-state index is 0.0556. The van der Waals surface area contributed by atoms with E-state index in [9.17, 15) is 9.59 Å². The highest BCUT2D eigenvalue weighted by Gasteiger charge is 2.11. The first kappa shape index (κ1) is 15.0. The first-order chi connectivity index (χ1) is 10.5. The predicted molar refractivity (Wildman–Crippen MR) is 89.0 cm³/mol. The van der Waals surface area contributed by atoms with E-state index < -0.39 is 0 Å². The molecule has 5 nitrogen and oxygen atoms in total. The number of benzene rings is 1. The first-order valence-electron chi connectivity index (χ1n) is 6.24. The molecule has 1 aromatic carbocycles. The van der Waals surface area contributed by atoms with Crippen molar-refractivity contribution in [2.75, 3.05) is 5.32 Å². The zero-order valence-electron chi connectivity index (χ0n) is 11.0. The lowest BCUT2D eigenvalue weighted by molar-refractivity contribution is -0.115. The molecule has 2 heterocycles. The molecule has 0 saturated carbocycles. The van der Waals surface area contributed by atoms with Crippen molar-refractivity contribution in [3.8, 4) is 0 Å². The van der Waals surface area contributed by atoms with Crippen LogP contribution in [0.2, 0.25) is 10.0 Å². The third-order valence-electron chi connectivity index (χ3n) is 2.90. The molecule has 1 amide bonds. The smallest absolute Gasteiger partial charge is 0.268 e. The van der Waals surface area contributed by atoms with E-state index >= 15 is 0 Å². The Morgan fingerprint density at radius 1 is 1.32 bits per heavy atom. The highest BCUT2D eigenvalue weighted by Crippen LogP contribution is 2.25. The van der Waals surface area contributed by atoms with Gasteiger partial charge in [0.15, 0.2) is 0 Å². The topological polar surface area (TPSA) is 74.8 Å². The fourth-order valence-corrected chi connectivity index (χ4v) is 3.12. The van der Waals surface area contributed by atoms with Crippen LogP contribution in [0.5, 0.6) is 0 Å². The summed E-state index contributed by atoms with van der Waals surface area (Å²) < 4.78 is 0.546. The maximum absolute atomic E-state index is 12.0. The standard InChI is InChI=1S/C14H9Cl2N3O2S/c15-7-1-2-9(8(16)5-7)18-12(20)6-11-17-10-3-4-22-13(10)14(21)19-11/h1-5H,6H2,(H,18,20)(H,17,19,21). The van der Waals surface area contributed by atoms with Gasteiger partial charge in [0, 0.05) is 5.02 Å². The highest BCUT2D eigenvalue weighted by molar-refractivity contribution is 7.17. The molecule has 0 atom stereocenters. The molecule has 3 aromatic rings. The summed E-state index contributed by atoms with van der Waals surface area (Å²) >= 11 is 13.1. The number of aromatic amines is 1. The molecule has 0 aliphatic heterocycles. The zero-order chi connectivity index (χ0) is 15.7. The Bertz CT molecular complexity index is 920. The molecule has 0 saturated heterocycles. The number of H-pyrrole nitrogens is 1. The largest absolute Gasteiger partial charge is 0.324 e. The summed E-state index contributed by atoms with van der Waals surface area (Å²) in [6.45, 7) is 0. The monoisotopic (exact) mass is 353 g/mol. The molecule has 0 spiro atoms. The second-order valence-corrected chi connectivity index (χ2v) is 6.26. The Morgan fingerprint density at radius 3 is 2.91 bits per heavy atom. The summed E-state index contributed by atoms with van der Waals surface area (Å²) in [6, 6.07) is 6.52. The van der Waals surface area contributed by atoms with Crippen molar-refractivity contribution in [2.45, 2.75) is 6.42 Å². The number of halogens is 2. The van der Waals surface area contributed by atoms with Crippen molar-refractivity contribution in [3.63, 3.8) is 0 Å². The molecule has 0 bridgehead atoms. The van der Waals surface area contributed by atoms with Crippen LogP contribution in [0.15, 0.2) is 34.4 Å². The minimum Gasteiger partial charge on any atom is -0.324 e. The van der Waals surface area contributed by atoms with Gasteiger partial charge >= 0.3 is 0 Å². The van der Waals surface area contributed by atoms with E-state index in [2.05, 4.69) is 15.3 Å². The van der Waals surface area contributed by atoms with Crippen LogP contribution in [0.3, 0.4) is 0 Å². The van der Waals surface area contributed by atoms with Crippen molar-refractivity contribution in [1.29, 1.82) is 0 Å². The second kappa shape index (κ2) is 6.08. The molecule has 112 valence electrons. The molecule has 0 unspecified atom stereocenters. The Balaban J connectivity index is 1.79. The Hall–Kier alpha value is -1.89. The van der Waals surface area contributed by atoms with Gasteiger partial charge < -0.3 is 10.3 Å². The average molecular weight is 354 g/mol. The van der Waals surface area contributed by atoms with Crippen LogP contribution in [0.4, 0.5) is 5.69 Å². The van der Waals surface area contributed by atoms with Gasteiger partial charge in [-0.05, 0) is 29.6 Å². The van der Waals surface area contributed by atoms with Crippen LogP contribution in [-0.4, -0.2) is 15.9 Å². The third-order valence-corrected chi connectivity index (χ3v) is 4.35. The molecule has 2 N–H and O–H groups in total. The van der Waals surface area contributed by atoms with Crippen LogP contribution in [0, 0.1) is 0 Å². The quantitative estimate of drug-likeness (QED) is 0.756. The summed E-state index contributed by atoms with van der Waals surface area (Å²) in [5.41, 5.74) is 0.795. The van der Waals surface area contributed by atoms with Crippen LogP contribution in [0.1, 0.15) is 5.82 Å². The SMILES string of the molecule is O=C(Cc1nc2ccsc2c(=O)[nH]1)Nc1ccc(Cl)cc1Cl. The summed E-state index contributed by atoms with van der Waals surface area (Å²) in [5.74, 6) is -0.0274. The number of nitrogens with zero attached hydrogens (tertiary/aromatic N) is 1. The summed E-state index contributed by atoms with van der Waals surface area (Å²) in [4.78, 5) is 30.7. The number of aromatic nitrogens is 2. The number of carbonyl (C=O) groups is 1. The average Bonchev–Trinajstić information content (AvgIpc) is 2.91. The number of amides is 1. The lowest BCUT2D eigenvalue weighted by atomic mass is 10.3. The fraction of sp³-hybridized carbons (Fsp3) is 0.0714. The maximum Gasteiger partial charge on any atom is 0.268 e. The third kappa shape index (κ3) is 3.14.